The van der Waals surface area contributed by atoms with Gasteiger partial charge in [-0.3, -0.25) is 9.78 Å². The van der Waals surface area contributed by atoms with Crippen LogP contribution in [0.15, 0.2) is 193 Å². The van der Waals surface area contributed by atoms with Crippen molar-refractivity contribution in [3.63, 3.8) is 0 Å². The molecule has 1 N–H and O–H groups in total. The standard InChI is InChI=1S/C13H14.C11H10F2N2.4C10H12N2S.2C9H12N4.2C9H10N2S.C7H9BrN2.C7H9FN2/c1-10(2)12-9-5-7-11-6-3-4-8-13(11)12;1-6(2)10-7-3-4-8(12)9(13)11(7)15-5-14-10;1-6(2)9-8-7(3)4-13-10(8)12-5-11-9;1-6(2)8-10-9(12-5-11-8)7(3)4-13-10;1-6(2)9-10-8(11-5-12-9)4-7(3)13-10;1-6(2)9-8-4-7(3)13-10(8)12-5-11-9;1-6(2)8-9-7(10-5-11-8)4-13(3)12-9;1-5(2)7-9-8(11-4-10-7)6(3)12-13-9;1-6(2)8-9-7(3-4-12-9)10-5-11-8;1-6(2)8-7-3-4-12-9(7)11-5-10-8;2*1-5(2)7-9-3-6(8)4-10-7/h3-10H,1-2H3;3-6H,1-2H3;5*4-6H,1-3H3;4-5H,1-3H3,(H,12,13);2*3-6H,1-2H3;2*3-5H,1-2H3. The smallest absolute Gasteiger partial charge is 0.185 e. The normalized spacial score (nSPS) is 11.2. The lowest BCUT2D eigenvalue weighted by Gasteiger charge is -2.08. The number of fused-ring (bicyclic) bond motifs is 10. The Hall–Kier alpha value is -13.0. The molecular weight excluding hydrogens is 2060 g/mol. The average Bonchev–Trinajstić information content (AvgIpc) is 1.74. The molecule has 26 nitrogen and oxygen atoms in total. The Morgan fingerprint density at radius 1 is 0.320 bits per heavy atom. The summed E-state index contributed by atoms with van der Waals surface area (Å²) in [5.41, 5.74) is 21.7. The molecule has 3 aromatic carbocycles. The van der Waals surface area contributed by atoms with E-state index in [9.17, 15) is 13.2 Å². The Balaban J connectivity index is 0.000000155. The maximum absolute atomic E-state index is 13.4. The molecule has 19 aromatic heterocycles. The third-order valence-corrected chi connectivity index (χ3v) is 29.3. The molecule has 22 aromatic rings. The fourth-order valence-electron chi connectivity index (χ4n) is 15.6. The number of H-pyrrole nitrogens is 1. The zero-order chi connectivity index (χ0) is 109. The summed E-state index contributed by atoms with van der Waals surface area (Å²) in [5.74, 6) is 4.46. The highest BCUT2D eigenvalue weighted by Gasteiger charge is 2.20. The predicted octanol–water partition coefficient (Wildman–Crippen LogP) is 32.5. The van der Waals surface area contributed by atoms with E-state index < -0.39 is 11.6 Å². The van der Waals surface area contributed by atoms with Gasteiger partial charge in [0.05, 0.1) is 111 Å². The van der Waals surface area contributed by atoms with Gasteiger partial charge in [-0.05, 0) is 195 Å². The van der Waals surface area contributed by atoms with Crippen molar-refractivity contribution in [3.8, 4) is 0 Å². The van der Waals surface area contributed by atoms with Crippen molar-refractivity contribution in [2.24, 2.45) is 7.05 Å². The van der Waals surface area contributed by atoms with Crippen LogP contribution in [-0.4, -0.2) is 130 Å². The van der Waals surface area contributed by atoms with Crippen molar-refractivity contribution in [1.82, 2.24) is 130 Å². The van der Waals surface area contributed by atoms with Gasteiger partial charge >= 0.3 is 0 Å². The lowest BCUT2D eigenvalue weighted by molar-refractivity contribution is 0.515. The number of aromatic nitrogens is 26. The zero-order valence-corrected chi connectivity index (χ0v) is 97.5. The van der Waals surface area contributed by atoms with Crippen LogP contribution in [-0.2, 0) is 7.05 Å². The number of rotatable bonds is 12. The fourth-order valence-corrected chi connectivity index (χ4v) is 21.5. The molecule has 0 saturated heterocycles. The van der Waals surface area contributed by atoms with Gasteiger partial charge in [-0.2, -0.15) is 10.2 Å². The van der Waals surface area contributed by atoms with E-state index >= 15 is 0 Å². The number of halogens is 4. The summed E-state index contributed by atoms with van der Waals surface area (Å²) >= 11 is 13.6. The molecule has 19 heterocycles. The fraction of sp³-hybridized carbons (Fsp3) is 0.368. The minimum atomic E-state index is -0.906. The first-order valence-electron chi connectivity index (χ1n) is 50.0. The van der Waals surface area contributed by atoms with Gasteiger partial charge in [0, 0.05) is 62.6 Å². The number of benzene rings is 3. The second-order valence-corrected chi connectivity index (χ2v) is 46.2. The zero-order valence-electron chi connectivity index (χ0n) is 91.0. The first-order valence-corrected chi connectivity index (χ1v) is 55.9. The van der Waals surface area contributed by atoms with E-state index in [-0.39, 0.29) is 23.2 Å². The topological polar surface area (TPSA) is 330 Å². The molecule has 0 bridgehead atoms. The first kappa shape index (κ1) is 117. The molecule has 784 valence electrons. The molecule has 0 fully saturated rings. The molecule has 0 aliphatic heterocycles. The van der Waals surface area contributed by atoms with Crippen LogP contribution in [0.1, 0.15) is 332 Å². The van der Waals surface area contributed by atoms with Crippen LogP contribution in [0.4, 0.5) is 13.2 Å². The summed E-state index contributed by atoms with van der Waals surface area (Å²) in [7, 11) is 1.89. The summed E-state index contributed by atoms with van der Waals surface area (Å²) in [5, 5.41) is 26.8. The van der Waals surface area contributed by atoms with E-state index in [0.29, 0.717) is 70.4 Å². The number of hydrogen-bond acceptors (Lipinski definition) is 30. The molecule has 22 rings (SSSR count). The van der Waals surface area contributed by atoms with Gasteiger partial charge in [-0.1, -0.05) is 209 Å². The molecule has 0 aliphatic carbocycles. The van der Waals surface area contributed by atoms with Crippen LogP contribution in [0.2, 0.25) is 0 Å². The summed E-state index contributed by atoms with van der Waals surface area (Å²) in [4.78, 5) is 97.6. The largest absolute Gasteiger partial charge is 0.280 e. The number of hydrogen-bond donors (Lipinski definition) is 1. The number of nitrogens with zero attached hydrogens (tertiary/aromatic N) is 25. The summed E-state index contributed by atoms with van der Waals surface area (Å²) in [6, 6.07) is 26.1. The molecule has 0 radical (unpaired) electrons. The van der Waals surface area contributed by atoms with Gasteiger partial charge in [0.25, 0.3) is 0 Å². The van der Waals surface area contributed by atoms with Crippen LogP contribution >= 0.6 is 84.0 Å². The summed E-state index contributed by atoms with van der Waals surface area (Å²) < 4.78 is 45.0. The SMILES string of the molecule is CC(C)c1cccc2ccccc12.CC(C)c1ncc(Br)cn1.CC(C)c1ncc(F)cn1.CC(C)c1ncnc2c(F)c(F)ccc12.CC(C)c1ncnc2ccsc12.CC(C)c1ncnc2cn(C)nc12.CC(C)c1ncnc2sccc12.Cc1[nH]nc2c(C(C)C)ncnc12.Cc1cc2c(C(C)C)ncnc2s1.Cc1cc2ncnc(C(C)C)c2s1.Cc1csc2c(C(C)C)ncnc12.Cc1csc2ncnc(C(C)C)c12. The minimum absolute atomic E-state index is 0.0497. The second kappa shape index (κ2) is 55.7. The molecule has 150 heavy (non-hydrogen) atoms. The Morgan fingerprint density at radius 2 is 0.780 bits per heavy atom. The van der Waals surface area contributed by atoms with E-state index in [2.05, 4.69) is 389 Å². The molecule has 0 unspecified atom stereocenters. The Kier molecular flexibility index (Phi) is 43.6. The number of thiophene rings is 6. The third kappa shape index (κ3) is 31.4. The number of aryl methyl sites for hydroxylation is 6. The van der Waals surface area contributed by atoms with Crippen LogP contribution in [0.25, 0.3) is 105 Å². The van der Waals surface area contributed by atoms with E-state index in [1.54, 1.807) is 136 Å². The maximum atomic E-state index is 13.4. The Bertz CT molecular complexity index is 7600. The van der Waals surface area contributed by atoms with Gasteiger partial charge in [0.2, 0.25) is 0 Å². The highest BCUT2D eigenvalue weighted by molar-refractivity contribution is 9.10. The second-order valence-electron chi connectivity index (χ2n) is 39.2. The van der Waals surface area contributed by atoms with Crippen molar-refractivity contribution in [2.45, 2.75) is 272 Å². The predicted molar refractivity (Wildman–Crippen MR) is 620 cm³/mol. The Morgan fingerprint density at radius 3 is 1.37 bits per heavy atom. The van der Waals surface area contributed by atoms with Gasteiger partial charge in [-0.15, -0.1) is 68.0 Å². The van der Waals surface area contributed by atoms with Crippen molar-refractivity contribution >= 4 is 189 Å². The van der Waals surface area contributed by atoms with E-state index in [1.807, 2.05) is 53.9 Å². The van der Waals surface area contributed by atoms with Crippen molar-refractivity contribution in [1.29, 1.82) is 0 Å². The molecule has 0 spiro atoms. The number of nitrogens with one attached hydrogen (secondary N) is 1. The van der Waals surface area contributed by atoms with Gasteiger partial charge < -0.3 is 0 Å². The maximum Gasteiger partial charge on any atom is 0.185 e. The molecule has 0 aliphatic rings. The van der Waals surface area contributed by atoms with Crippen molar-refractivity contribution in [2.75, 3.05) is 0 Å². The quantitative estimate of drug-likeness (QED) is 0.119. The summed E-state index contributed by atoms with van der Waals surface area (Å²) in [6.45, 7) is 61.2. The molecule has 36 heteroatoms. The van der Waals surface area contributed by atoms with Crippen LogP contribution in [0.5, 0.6) is 0 Å². The molecule has 0 amide bonds. The van der Waals surface area contributed by atoms with Crippen LogP contribution < -0.4 is 0 Å². The van der Waals surface area contributed by atoms with Gasteiger partial charge in [0.15, 0.2) is 17.5 Å². The molecule has 0 saturated carbocycles. The van der Waals surface area contributed by atoms with Crippen molar-refractivity contribution in [3.05, 3.63) is 305 Å². The summed E-state index contributed by atoms with van der Waals surface area (Å²) in [6.07, 6.45) is 22.2. The van der Waals surface area contributed by atoms with Crippen LogP contribution in [0.3, 0.4) is 0 Å². The lowest BCUT2D eigenvalue weighted by atomic mass is 9.96. The highest BCUT2D eigenvalue weighted by Crippen LogP contribution is 2.36. The third-order valence-electron chi connectivity index (χ3n) is 23.0. The Labute approximate surface area is 908 Å². The van der Waals surface area contributed by atoms with E-state index in [1.165, 1.54) is 109 Å². The van der Waals surface area contributed by atoms with E-state index in [4.69, 9.17) is 0 Å². The minimum Gasteiger partial charge on any atom is -0.280 e. The average molecular weight is 2200 g/mol. The molecule has 0 atom stereocenters. The molecular formula is C114H134BrF3N26S6. The monoisotopic (exact) mass is 2190 g/mol. The lowest BCUT2D eigenvalue weighted by Crippen LogP contribution is -1.98. The van der Waals surface area contributed by atoms with Crippen molar-refractivity contribution < 1.29 is 13.2 Å². The van der Waals surface area contributed by atoms with Crippen LogP contribution in [0, 0.1) is 52.1 Å². The van der Waals surface area contributed by atoms with Gasteiger partial charge in [-0.25, -0.2) is 123 Å². The van der Waals surface area contributed by atoms with E-state index in [0.717, 1.165) is 109 Å². The highest BCUT2D eigenvalue weighted by atomic mass is 79.9. The van der Waals surface area contributed by atoms with Gasteiger partial charge in [0.1, 0.15) is 111 Å². The number of aromatic amines is 1. The first-order chi connectivity index (χ1) is 71.5.